The fraction of sp³-hybridized carbons (Fsp3) is 0.500. The lowest BCUT2D eigenvalue weighted by Crippen LogP contribution is -2.22. The smallest absolute Gasteiger partial charge is 0.356 e. The molecule has 0 aliphatic rings. The van der Waals surface area contributed by atoms with Gasteiger partial charge in [-0.25, -0.2) is 0 Å². The van der Waals surface area contributed by atoms with Crippen molar-refractivity contribution in [3.8, 4) is 0 Å². The molecule has 0 aliphatic heterocycles. The SMILES string of the molecule is CC(=O)NCCc1ccc(S(=O)(=O)OCC(F)(F)F)s1. The summed E-state index contributed by atoms with van der Waals surface area (Å²) in [5, 5.41) is 2.53. The average Bonchev–Trinajstić information content (AvgIpc) is 2.75. The summed E-state index contributed by atoms with van der Waals surface area (Å²) in [6, 6.07) is 2.65. The van der Waals surface area contributed by atoms with Crippen molar-refractivity contribution in [2.45, 2.75) is 23.7 Å². The van der Waals surface area contributed by atoms with E-state index in [1.54, 1.807) is 0 Å². The highest BCUT2D eigenvalue weighted by molar-refractivity contribution is 7.89. The summed E-state index contributed by atoms with van der Waals surface area (Å²) in [4.78, 5) is 11.3. The summed E-state index contributed by atoms with van der Waals surface area (Å²) in [7, 11) is -4.40. The van der Waals surface area contributed by atoms with Gasteiger partial charge in [-0.1, -0.05) is 0 Å². The Morgan fingerprint density at radius 1 is 1.40 bits per heavy atom. The lowest BCUT2D eigenvalue weighted by Gasteiger charge is -2.06. The van der Waals surface area contributed by atoms with E-state index in [4.69, 9.17) is 0 Å². The van der Waals surface area contributed by atoms with Crippen molar-refractivity contribution in [3.05, 3.63) is 17.0 Å². The van der Waals surface area contributed by atoms with Gasteiger partial charge in [0.1, 0.15) is 4.21 Å². The zero-order chi connectivity index (χ0) is 15.4. The van der Waals surface area contributed by atoms with Crippen LogP contribution in [0.5, 0.6) is 0 Å². The summed E-state index contributed by atoms with van der Waals surface area (Å²) >= 11 is 0.810. The molecule has 0 atom stereocenters. The lowest BCUT2D eigenvalue weighted by atomic mass is 10.3. The number of amides is 1. The monoisotopic (exact) mass is 331 g/mol. The number of nitrogens with one attached hydrogen (secondary N) is 1. The van der Waals surface area contributed by atoms with E-state index in [0.717, 1.165) is 11.3 Å². The van der Waals surface area contributed by atoms with Crippen molar-refractivity contribution >= 4 is 27.4 Å². The van der Waals surface area contributed by atoms with E-state index in [2.05, 4.69) is 9.50 Å². The van der Waals surface area contributed by atoms with Crippen LogP contribution in [-0.2, 0) is 25.5 Å². The highest BCUT2D eigenvalue weighted by Crippen LogP contribution is 2.25. The summed E-state index contributed by atoms with van der Waals surface area (Å²) in [5.74, 6) is -0.220. The van der Waals surface area contributed by atoms with Gasteiger partial charge in [0.15, 0.2) is 6.61 Å². The van der Waals surface area contributed by atoms with Gasteiger partial charge in [0.25, 0.3) is 0 Å². The summed E-state index contributed by atoms with van der Waals surface area (Å²) in [5.41, 5.74) is 0. The Balaban J connectivity index is 2.63. The molecule has 0 aliphatic carbocycles. The van der Waals surface area contributed by atoms with Crippen LogP contribution in [0.4, 0.5) is 13.2 Å². The van der Waals surface area contributed by atoms with Crippen LogP contribution >= 0.6 is 11.3 Å². The maximum atomic E-state index is 11.9. The minimum absolute atomic E-state index is 0.220. The second kappa shape index (κ2) is 6.55. The molecule has 1 heterocycles. The first-order valence-electron chi connectivity index (χ1n) is 5.39. The number of hydrogen-bond donors (Lipinski definition) is 1. The molecule has 1 aromatic heterocycles. The molecule has 5 nitrogen and oxygen atoms in total. The number of hydrogen-bond acceptors (Lipinski definition) is 5. The van der Waals surface area contributed by atoms with Gasteiger partial charge in [-0.3, -0.25) is 8.98 Å². The van der Waals surface area contributed by atoms with Gasteiger partial charge < -0.3 is 5.32 Å². The van der Waals surface area contributed by atoms with Crippen molar-refractivity contribution in [1.29, 1.82) is 0 Å². The molecule has 0 unspecified atom stereocenters. The molecule has 20 heavy (non-hydrogen) atoms. The summed E-state index contributed by atoms with van der Waals surface area (Å²) in [6.07, 6.45) is -4.32. The number of carbonyl (C=O) groups excluding carboxylic acids is 1. The van der Waals surface area contributed by atoms with Crippen LogP contribution in [0, 0.1) is 0 Å². The standard InChI is InChI=1S/C10H12F3NO4S2/c1-7(15)14-5-4-8-2-3-9(19-8)20(16,17)18-6-10(11,12)13/h2-3H,4-6H2,1H3,(H,14,15). The third kappa shape index (κ3) is 5.88. The van der Waals surface area contributed by atoms with Crippen LogP contribution in [0.15, 0.2) is 16.3 Å². The van der Waals surface area contributed by atoms with Gasteiger partial charge in [0, 0.05) is 18.3 Å². The molecule has 0 spiro atoms. The van der Waals surface area contributed by atoms with E-state index >= 15 is 0 Å². The summed E-state index contributed by atoms with van der Waals surface area (Å²) in [6.45, 7) is -0.192. The largest absolute Gasteiger partial charge is 0.413 e. The van der Waals surface area contributed by atoms with Gasteiger partial charge >= 0.3 is 16.3 Å². The van der Waals surface area contributed by atoms with Crippen LogP contribution in [0.3, 0.4) is 0 Å². The first kappa shape index (κ1) is 16.9. The Morgan fingerprint density at radius 3 is 2.60 bits per heavy atom. The van der Waals surface area contributed by atoms with Crippen LogP contribution in [0.2, 0.25) is 0 Å². The van der Waals surface area contributed by atoms with Crippen LogP contribution in [0.25, 0.3) is 0 Å². The van der Waals surface area contributed by atoms with Crippen LogP contribution in [0.1, 0.15) is 11.8 Å². The Morgan fingerprint density at radius 2 is 2.05 bits per heavy atom. The molecule has 0 fully saturated rings. The number of alkyl halides is 3. The quantitative estimate of drug-likeness (QED) is 0.805. The van der Waals surface area contributed by atoms with E-state index in [1.807, 2.05) is 0 Å². The molecule has 0 radical (unpaired) electrons. The second-order valence-corrected chi connectivity index (χ2v) is 6.80. The minimum Gasteiger partial charge on any atom is -0.356 e. The third-order valence-electron chi connectivity index (χ3n) is 2.01. The molecular weight excluding hydrogens is 319 g/mol. The van der Waals surface area contributed by atoms with E-state index < -0.39 is 22.9 Å². The first-order chi connectivity index (χ1) is 9.10. The first-order valence-corrected chi connectivity index (χ1v) is 7.62. The number of halogens is 3. The zero-order valence-electron chi connectivity index (χ0n) is 10.4. The molecular formula is C10H12F3NO4S2. The van der Waals surface area contributed by atoms with E-state index in [9.17, 15) is 26.4 Å². The maximum absolute atomic E-state index is 11.9. The normalized spacial score (nSPS) is 12.4. The fourth-order valence-electron chi connectivity index (χ4n) is 1.19. The molecule has 114 valence electrons. The molecule has 1 amide bonds. The van der Waals surface area contributed by atoms with E-state index in [0.29, 0.717) is 17.8 Å². The van der Waals surface area contributed by atoms with Gasteiger partial charge in [0.05, 0.1) is 0 Å². The predicted octanol–water partition coefficient (Wildman–Crippen LogP) is 1.69. The van der Waals surface area contributed by atoms with Crippen molar-refractivity contribution < 1.29 is 30.6 Å². The van der Waals surface area contributed by atoms with Crippen molar-refractivity contribution in [1.82, 2.24) is 5.32 Å². The Kier molecular flexibility index (Phi) is 5.54. The fourth-order valence-corrected chi connectivity index (χ4v) is 3.44. The van der Waals surface area contributed by atoms with Crippen molar-refractivity contribution in [3.63, 3.8) is 0 Å². The van der Waals surface area contributed by atoms with Gasteiger partial charge in [-0.2, -0.15) is 21.6 Å². The Labute approximate surface area is 117 Å². The van der Waals surface area contributed by atoms with E-state index in [1.165, 1.54) is 19.1 Å². The molecule has 0 aromatic carbocycles. The predicted molar refractivity (Wildman–Crippen MR) is 65.9 cm³/mol. The average molecular weight is 331 g/mol. The lowest BCUT2D eigenvalue weighted by molar-refractivity contribution is -0.152. The van der Waals surface area contributed by atoms with Crippen LogP contribution < -0.4 is 5.32 Å². The van der Waals surface area contributed by atoms with E-state index in [-0.39, 0.29) is 10.1 Å². The van der Waals surface area contributed by atoms with Gasteiger partial charge in [0.2, 0.25) is 5.91 Å². The molecule has 0 bridgehead atoms. The Bertz CT molecular complexity index is 565. The van der Waals surface area contributed by atoms with Gasteiger partial charge in [-0.15, -0.1) is 11.3 Å². The second-order valence-electron chi connectivity index (χ2n) is 3.79. The topological polar surface area (TPSA) is 72.5 Å². The highest BCUT2D eigenvalue weighted by atomic mass is 32.3. The maximum Gasteiger partial charge on any atom is 0.413 e. The Hall–Kier alpha value is -1.13. The molecule has 1 N–H and O–H groups in total. The molecule has 0 saturated heterocycles. The molecule has 1 aromatic rings. The summed E-state index contributed by atoms with van der Waals surface area (Å²) < 4.78 is 62.4. The minimum atomic E-state index is -4.71. The van der Waals surface area contributed by atoms with Gasteiger partial charge in [-0.05, 0) is 18.6 Å². The zero-order valence-corrected chi connectivity index (χ0v) is 12.0. The number of rotatable bonds is 6. The highest BCUT2D eigenvalue weighted by Gasteiger charge is 2.32. The van der Waals surface area contributed by atoms with Crippen LogP contribution in [-0.4, -0.2) is 33.7 Å². The van der Waals surface area contributed by atoms with Crippen molar-refractivity contribution in [2.75, 3.05) is 13.2 Å². The third-order valence-corrected chi connectivity index (χ3v) is 4.87. The number of thiophene rings is 1. The molecule has 0 saturated carbocycles. The molecule has 10 heteroatoms. The van der Waals surface area contributed by atoms with Crippen molar-refractivity contribution in [2.24, 2.45) is 0 Å². The number of carbonyl (C=O) groups is 1. The molecule has 1 rings (SSSR count).